The predicted octanol–water partition coefficient (Wildman–Crippen LogP) is 7.53. The molecule has 14 heteroatoms. The van der Waals surface area contributed by atoms with Crippen molar-refractivity contribution in [1.82, 2.24) is 10.3 Å². The second-order valence-corrected chi connectivity index (χ2v) is 10.7. The number of anilines is 1. The second kappa shape index (κ2) is 13.3. The first-order valence-corrected chi connectivity index (χ1v) is 14.0. The Hall–Kier alpha value is -2.35. The van der Waals surface area contributed by atoms with Crippen molar-refractivity contribution in [3.05, 3.63) is 64.8 Å². The number of halogens is 7. The number of hydrogen-bond donors (Lipinski definition) is 2. The van der Waals surface area contributed by atoms with Gasteiger partial charge >= 0.3 is 11.7 Å². The molecule has 1 unspecified atom stereocenters. The van der Waals surface area contributed by atoms with Crippen molar-refractivity contribution in [2.45, 2.75) is 41.9 Å². The van der Waals surface area contributed by atoms with E-state index >= 15 is 0 Å². The molecule has 1 atom stereocenters. The molecule has 0 spiro atoms. The van der Waals surface area contributed by atoms with E-state index in [-0.39, 0.29) is 46.9 Å². The fourth-order valence-corrected chi connectivity index (χ4v) is 5.63. The molecule has 0 aliphatic rings. The number of alkyl halides is 6. The number of nitrogens with one attached hydrogen (secondary N) is 1. The van der Waals surface area contributed by atoms with Crippen molar-refractivity contribution in [3.8, 4) is 0 Å². The van der Waals surface area contributed by atoms with E-state index in [0.717, 1.165) is 12.1 Å². The molecular weight excluding hydrogens is 586 g/mol. The maximum atomic E-state index is 13.6. The summed E-state index contributed by atoms with van der Waals surface area (Å²) in [6.07, 6.45) is -1.55. The number of nitrogens with two attached hydrogens (primary N) is 1. The SMILES string of the molecule is CSN(c1cc(C(F)(F)F)nc2ccc(Cl)cc12)C(CCN)CCCNC(=O)c1cccc(SC(F)(F)F)c1. The Morgan fingerprint density at radius 2 is 1.85 bits per heavy atom. The molecule has 0 saturated carbocycles. The summed E-state index contributed by atoms with van der Waals surface area (Å²) in [5.41, 5.74) is 0.852. The van der Waals surface area contributed by atoms with Crippen LogP contribution in [-0.2, 0) is 6.18 Å². The van der Waals surface area contributed by atoms with Gasteiger partial charge in [0.05, 0.1) is 11.2 Å². The van der Waals surface area contributed by atoms with Crippen molar-refractivity contribution in [3.63, 3.8) is 0 Å². The van der Waals surface area contributed by atoms with Crippen LogP contribution in [-0.4, -0.2) is 41.8 Å². The maximum Gasteiger partial charge on any atom is 0.446 e. The zero-order valence-electron chi connectivity index (χ0n) is 20.6. The number of carbonyl (C=O) groups excluding carboxylic acids is 1. The van der Waals surface area contributed by atoms with Gasteiger partial charge in [0.15, 0.2) is 0 Å². The first-order valence-electron chi connectivity index (χ1n) is 11.7. The Balaban J connectivity index is 1.75. The third kappa shape index (κ3) is 8.82. The smallest absolute Gasteiger partial charge is 0.352 e. The fraction of sp³-hybridized carbons (Fsp3) is 0.360. The van der Waals surface area contributed by atoms with Crippen LogP contribution in [0.2, 0.25) is 5.02 Å². The van der Waals surface area contributed by atoms with Gasteiger partial charge in [0.25, 0.3) is 5.91 Å². The van der Waals surface area contributed by atoms with Gasteiger partial charge in [-0.25, -0.2) is 4.98 Å². The van der Waals surface area contributed by atoms with Crippen LogP contribution in [0.15, 0.2) is 53.4 Å². The lowest BCUT2D eigenvalue weighted by Gasteiger charge is -2.32. The van der Waals surface area contributed by atoms with Crippen LogP contribution in [0.4, 0.5) is 32.0 Å². The normalized spacial score (nSPS) is 12.9. The molecular formula is C25H25ClF6N4OS2. The standard InChI is InChI=1S/C25H25ClF6N4OS2/c1-38-36(21-14-22(24(27,28)29)35-20-8-7-16(26)13-19(20)21)17(9-10-33)5-3-11-34-23(37)15-4-2-6-18(12-15)39-25(30,31)32/h2,4,6-8,12-14,17H,3,5,9-11,33H2,1H3,(H,34,37). The van der Waals surface area contributed by atoms with E-state index in [1.807, 2.05) is 0 Å². The molecule has 39 heavy (non-hydrogen) atoms. The number of benzene rings is 2. The highest BCUT2D eigenvalue weighted by molar-refractivity contribution is 8.00. The van der Waals surface area contributed by atoms with Crippen LogP contribution in [0.25, 0.3) is 10.9 Å². The van der Waals surface area contributed by atoms with E-state index in [9.17, 15) is 31.1 Å². The molecule has 0 aliphatic carbocycles. The summed E-state index contributed by atoms with van der Waals surface area (Å²) in [4.78, 5) is 16.2. The number of hydrogen-bond acceptors (Lipinski definition) is 6. The summed E-state index contributed by atoms with van der Waals surface area (Å²) < 4.78 is 80.6. The number of thioether (sulfide) groups is 1. The molecule has 5 nitrogen and oxygen atoms in total. The second-order valence-electron chi connectivity index (χ2n) is 8.40. The van der Waals surface area contributed by atoms with Crippen molar-refractivity contribution >= 4 is 57.8 Å². The van der Waals surface area contributed by atoms with E-state index in [2.05, 4.69) is 10.3 Å². The molecule has 0 aliphatic heterocycles. The van der Waals surface area contributed by atoms with Gasteiger partial charge in [0, 0.05) is 39.7 Å². The zero-order valence-corrected chi connectivity index (χ0v) is 23.0. The number of amides is 1. The van der Waals surface area contributed by atoms with E-state index in [4.69, 9.17) is 17.3 Å². The van der Waals surface area contributed by atoms with E-state index in [1.54, 1.807) is 16.6 Å². The molecule has 0 radical (unpaired) electrons. The molecule has 1 heterocycles. The van der Waals surface area contributed by atoms with Crippen molar-refractivity contribution in [2.75, 3.05) is 23.7 Å². The van der Waals surface area contributed by atoms with Crippen LogP contribution in [0.1, 0.15) is 35.3 Å². The highest BCUT2D eigenvalue weighted by Crippen LogP contribution is 2.39. The lowest BCUT2D eigenvalue weighted by Crippen LogP contribution is -2.33. The minimum atomic E-state index is -4.66. The molecule has 3 aromatic rings. The van der Waals surface area contributed by atoms with Gasteiger partial charge < -0.3 is 15.4 Å². The Morgan fingerprint density at radius 3 is 2.49 bits per heavy atom. The Bertz CT molecular complexity index is 1290. The Labute approximate surface area is 235 Å². The molecule has 3 N–H and O–H groups in total. The van der Waals surface area contributed by atoms with Crippen molar-refractivity contribution < 1.29 is 31.1 Å². The molecule has 1 amide bonds. The van der Waals surface area contributed by atoms with Gasteiger partial charge in [-0.15, -0.1) is 0 Å². The molecule has 212 valence electrons. The largest absolute Gasteiger partial charge is 0.446 e. The summed E-state index contributed by atoms with van der Waals surface area (Å²) in [6, 6.07) is 10.4. The molecule has 0 saturated heterocycles. The first kappa shape index (κ1) is 31.2. The third-order valence-electron chi connectivity index (χ3n) is 5.63. The van der Waals surface area contributed by atoms with Crippen molar-refractivity contribution in [1.29, 1.82) is 0 Å². The highest BCUT2D eigenvalue weighted by atomic mass is 35.5. The van der Waals surface area contributed by atoms with Crippen molar-refractivity contribution in [2.24, 2.45) is 5.73 Å². The minimum absolute atomic E-state index is 0.0910. The van der Waals surface area contributed by atoms with Gasteiger partial charge in [0.1, 0.15) is 5.69 Å². The fourth-order valence-electron chi connectivity index (χ4n) is 4.00. The van der Waals surface area contributed by atoms with E-state index in [1.165, 1.54) is 42.3 Å². The summed E-state index contributed by atoms with van der Waals surface area (Å²) in [5.74, 6) is -0.527. The lowest BCUT2D eigenvalue weighted by molar-refractivity contribution is -0.140. The maximum absolute atomic E-state index is 13.6. The summed E-state index contributed by atoms with van der Waals surface area (Å²) in [5, 5.41) is 3.49. The lowest BCUT2D eigenvalue weighted by atomic mass is 10.1. The van der Waals surface area contributed by atoms with Crippen LogP contribution < -0.4 is 15.4 Å². The molecule has 0 bridgehead atoms. The number of aromatic nitrogens is 1. The topological polar surface area (TPSA) is 71.2 Å². The van der Waals surface area contributed by atoms with Crippen LogP contribution >= 0.6 is 35.3 Å². The average Bonchev–Trinajstić information content (AvgIpc) is 2.85. The number of fused-ring (bicyclic) bond motifs is 1. The quantitative estimate of drug-likeness (QED) is 0.101. The van der Waals surface area contributed by atoms with Crippen LogP contribution in [0.5, 0.6) is 0 Å². The van der Waals surface area contributed by atoms with Crippen LogP contribution in [0.3, 0.4) is 0 Å². The van der Waals surface area contributed by atoms with Gasteiger partial charge in [-0.1, -0.05) is 29.6 Å². The average molecular weight is 611 g/mol. The zero-order chi connectivity index (χ0) is 28.8. The Morgan fingerprint density at radius 1 is 1.10 bits per heavy atom. The van der Waals surface area contributed by atoms with E-state index in [0.29, 0.717) is 35.4 Å². The van der Waals surface area contributed by atoms with E-state index < -0.39 is 23.3 Å². The predicted molar refractivity (Wildman–Crippen MR) is 145 cm³/mol. The van der Waals surface area contributed by atoms with Gasteiger partial charge in [-0.2, -0.15) is 26.3 Å². The Kier molecular flexibility index (Phi) is 10.7. The summed E-state index contributed by atoms with van der Waals surface area (Å²) in [6.45, 7) is 0.475. The highest BCUT2D eigenvalue weighted by Gasteiger charge is 2.35. The number of rotatable bonds is 11. The molecule has 1 aromatic heterocycles. The molecule has 0 fully saturated rings. The number of nitrogens with zero attached hydrogens (tertiary/aromatic N) is 2. The van der Waals surface area contributed by atoms with Gasteiger partial charge in [-0.05, 0) is 80.0 Å². The number of carbonyl (C=O) groups is 1. The van der Waals surface area contributed by atoms with Gasteiger partial charge in [-0.3, -0.25) is 4.79 Å². The third-order valence-corrected chi connectivity index (χ3v) is 7.48. The number of pyridine rings is 1. The monoisotopic (exact) mass is 610 g/mol. The summed E-state index contributed by atoms with van der Waals surface area (Å²) >= 11 is 7.07. The first-order chi connectivity index (χ1) is 18.3. The minimum Gasteiger partial charge on any atom is -0.352 e. The van der Waals surface area contributed by atoms with Crippen LogP contribution in [0, 0.1) is 0 Å². The molecule has 3 rings (SSSR count). The summed E-state index contributed by atoms with van der Waals surface area (Å²) in [7, 11) is 0. The van der Waals surface area contributed by atoms with Gasteiger partial charge in [0.2, 0.25) is 0 Å². The molecule has 2 aromatic carbocycles.